The van der Waals surface area contributed by atoms with Gasteiger partial charge in [-0.3, -0.25) is 4.79 Å². The molecule has 4 heteroatoms. The van der Waals surface area contributed by atoms with Gasteiger partial charge in [-0.1, -0.05) is 25.1 Å². The van der Waals surface area contributed by atoms with E-state index < -0.39 is 0 Å². The predicted molar refractivity (Wildman–Crippen MR) is 75.7 cm³/mol. The molecule has 0 aliphatic heterocycles. The molecule has 0 aliphatic rings. The minimum Gasteiger partial charge on any atom is -0.374 e. The van der Waals surface area contributed by atoms with Gasteiger partial charge in [0.1, 0.15) is 0 Å². The third-order valence-corrected chi connectivity index (χ3v) is 3.01. The Morgan fingerprint density at radius 3 is 2.61 bits per heavy atom. The summed E-state index contributed by atoms with van der Waals surface area (Å²) >= 11 is 0. The molecule has 1 unspecified atom stereocenters. The van der Waals surface area contributed by atoms with E-state index in [-0.39, 0.29) is 11.8 Å². The van der Waals surface area contributed by atoms with Crippen molar-refractivity contribution in [3.63, 3.8) is 0 Å². The summed E-state index contributed by atoms with van der Waals surface area (Å²) in [7, 11) is 5.63. The normalized spacial score (nSPS) is 12.0. The van der Waals surface area contributed by atoms with Gasteiger partial charge < -0.3 is 15.5 Å². The summed E-state index contributed by atoms with van der Waals surface area (Å²) in [6.45, 7) is 3.48. The summed E-state index contributed by atoms with van der Waals surface area (Å²) in [5.41, 5.74) is 2.41. The molecule has 1 aromatic carbocycles. The number of hydrogen-bond donors (Lipinski definition) is 2. The topological polar surface area (TPSA) is 44.4 Å². The zero-order chi connectivity index (χ0) is 13.5. The molecule has 0 aliphatic carbocycles. The average Bonchev–Trinajstić information content (AvgIpc) is 2.38. The fraction of sp³-hybridized carbons (Fsp3) is 0.500. The van der Waals surface area contributed by atoms with Crippen molar-refractivity contribution >= 4 is 11.6 Å². The smallest absolute Gasteiger partial charge is 0.224 e. The number of hydrogen-bond acceptors (Lipinski definition) is 3. The Kier molecular flexibility index (Phi) is 5.65. The van der Waals surface area contributed by atoms with Crippen molar-refractivity contribution in [2.24, 2.45) is 5.92 Å². The van der Waals surface area contributed by atoms with Gasteiger partial charge in [0.15, 0.2) is 0 Å². The van der Waals surface area contributed by atoms with E-state index in [4.69, 9.17) is 0 Å². The lowest BCUT2D eigenvalue weighted by atomic mass is 10.1. The van der Waals surface area contributed by atoms with Crippen LogP contribution in [-0.2, 0) is 11.3 Å². The fourth-order valence-corrected chi connectivity index (χ4v) is 2.06. The Morgan fingerprint density at radius 2 is 2.00 bits per heavy atom. The van der Waals surface area contributed by atoms with Gasteiger partial charge >= 0.3 is 0 Å². The minimum absolute atomic E-state index is 0.0253. The Hall–Kier alpha value is -1.55. The molecule has 1 amide bonds. The van der Waals surface area contributed by atoms with E-state index in [2.05, 4.69) is 27.7 Å². The number of anilines is 1. The molecule has 1 aromatic rings. The quantitative estimate of drug-likeness (QED) is 0.797. The van der Waals surface area contributed by atoms with Crippen molar-refractivity contribution in [3.8, 4) is 0 Å². The largest absolute Gasteiger partial charge is 0.374 e. The van der Waals surface area contributed by atoms with Crippen molar-refractivity contribution in [3.05, 3.63) is 29.8 Å². The SMILES string of the molecule is CNCc1ccccc1N(C)CC(C)C(=O)NC. The molecule has 2 N–H and O–H groups in total. The Bertz CT molecular complexity index is 392. The highest BCUT2D eigenvalue weighted by Gasteiger charge is 2.15. The molecular formula is C14H23N3O. The summed E-state index contributed by atoms with van der Waals surface area (Å²) in [6, 6.07) is 8.25. The highest BCUT2D eigenvalue weighted by molar-refractivity contribution is 5.78. The molecule has 0 saturated carbocycles. The molecule has 0 radical (unpaired) electrons. The summed E-state index contributed by atoms with van der Waals surface area (Å²) in [5, 5.41) is 5.84. The van der Waals surface area contributed by atoms with E-state index in [1.54, 1.807) is 7.05 Å². The molecule has 1 atom stereocenters. The third-order valence-electron chi connectivity index (χ3n) is 3.01. The molecule has 0 bridgehead atoms. The number of benzene rings is 1. The number of para-hydroxylation sites is 1. The fourth-order valence-electron chi connectivity index (χ4n) is 2.06. The van der Waals surface area contributed by atoms with Crippen molar-refractivity contribution in [2.75, 3.05) is 32.6 Å². The van der Waals surface area contributed by atoms with E-state index in [0.29, 0.717) is 6.54 Å². The molecule has 0 aromatic heterocycles. The molecule has 4 nitrogen and oxygen atoms in total. The van der Waals surface area contributed by atoms with Gasteiger partial charge in [-0.25, -0.2) is 0 Å². The summed E-state index contributed by atoms with van der Waals surface area (Å²) < 4.78 is 0. The molecule has 100 valence electrons. The number of rotatable bonds is 6. The monoisotopic (exact) mass is 249 g/mol. The van der Waals surface area contributed by atoms with Crippen molar-refractivity contribution in [1.82, 2.24) is 10.6 Å². The standard InChI is InChI=1S/C14H23N3O/c1-11(14(18)16-3)10-17(4)13-8-6-5-7-12(13)9-15-2/h5-8,11,15H,9-10H2,1-4H3,(H,16,18). The number of carbonyl (C=O) groups excluding carboxylic acids is 1. The zero-order valence-corrected chi connectivity index (χ0v) is 11.7. The van der Waals surface area contributed by atoms with Crippen LogP contribution in [0, 0.1) is 5.92 Å². The van der Waals surface area contributed by atoms with Gasteiger partial charge in [0.25, 0.3) is 0 Å². The lowest BCUT2D eigenvalue weighted by molar-refractivity contribution is -0.123. The number of nitrogens with zero attached hydrogens (tertiary/aromatic N) is 1. The Labute approximate surface area is 109 Å². The van der Waals surface area contributed by atoms with Gasteiger partial charge in [0.2, 0.25) is 5.91 Å². The van der Waals surface area contributed by atoms with Crippen LogP contribution in [0.5, 0.6) is 0 Å². The van der Waals surface area contributed by atoms with Gasteiger partial charge in [-0.05, 0) is 18.7 Å². The van der Waals surface area contributed by atoms with Gasteiger partial charge in [-0.15, -0.1) is 0 Å². The van der Waals surface area contributed by atoms with Crippen LogP contribution in [0.1, 0.15) is 12.5 Å². The second kappa shape index (κ2) is 7.01. The number of carbonyl (C=O) groups is 1. The number of nitrogens with one attached hydrogen (secondary N) is 2. The van der Waals surface area contributed by atoms with E-state index in [9.17, 15) is 4.79 Å². The Morgan fingerprint density at radius 1 is 1.33 bits per heavy atom. The predicted octanol–water partition coefficient (Wildman–Crippen LogP) is 1.22. The zero-order valence-electron chi connectivity index (χ0n) is 11.7. The van der Waals surface area contributed by atoms with E-state index >= 15 is 0 Å². The van der Waals surface area contributed by atoms with Crippen molar-refractivity contribution < 1.29 is 4.79 Å². The maximum absolute atomic E-state index is 11.5. The maximum Gasteiger partial charge on any atom is 0.224 e. The molecule has 0 spiro atoms. The van der Waals surface area contributed by atoms with E-state index in [1.165, 1.54) is 11.3 Å². The summed E-state index contributed by atoms with van der Waals surface area (Å²) in [4.78, 5) is 13.7. The van der Waals surface area contributed by atoms with Crippen LogP contribution in [0.4, 0.5) is 5.69 Å². The first-order valence-corrected chi connectivity index (χ1v) is 6.25. The lowest BCUT2D eigenvalue weighted by Crippen LogP contribution is -2.34. The summed E-state index contributed by atoms with van der Waals surface area (Å²) in [5.74, 6) is 0.0515. The third kappa shape index (κ3) is 3.74. The molecule has 0 fully saturated rings. The first-order valence-electron chi connectivity index (χ1n) is 6.25. The molecular weight excluding hydrogens is 226 g/mol. The molecule has 1 rings (SSSR count). The van der Waals surface area contributed by atoms with E-state index in [1.807, 2.05) is 33.2 Å². The van der Waals surface area contributed by atoms with Crippen LogP contribution in [-0.4, -0.2) is 33.6 Å². The van der Waals surface area contributed by atoms with Crippen LogP contribution < -0.4 is 15.5 Å². The average molecular weight is 249 g/mol. The highest BCUT2D eigenvalue weighted by Crippen LogP contribution is 2.19. The molecule has 0 saturated heterocycles. The minimum atomic E-state index is -0.0253. The Balaban J connectivity index is 2.77. The second-order valence-electron chi connectivity index (χ2n) is 4.55. The summed E-state index contributed by atoms with van der Waals surface area (Å²) in [6.07, 6.45) is 0. The van der Waals surface area contributed by atoms with Crippen LogP contribution in [0.3, 0.4) is 0 Å². The maximum atomic E-state index is 11.5. The molecule has 18 heavy (non-hydrogen) atoms. The lowest BCUT2D eigenvalue weighted by Gasteiger charge is -2.25. The van der Waals surface area contributed by atoms with Gasteiger partial charge in [0, 0.05) is 32.9 Å². The van der Waals surface area contributed by atoms with Gasteiger partial charge in [-0.2, -0.15) is 0 Å². The van der Waals surface area contributed by atoms with Crippen molar-refractivity contribution in [1.29, 1.82) is 0 Å². The highest BCUT2D eigenvalue weighted by atomic mass is 16.1. The van der Waals surface area contributed by atoms with Crippen molar-refractivity contribution in [2.45, 2.75) is 13.5 Å². The van der Waals surface area contributed by atoms with Gasteiger partial charge in [0.05, 0.1) is 5.92 Å². The van der Waals surface area contributed by atoms with Crippen LogP contribution in [0.2, 0.25) is 0 Å². The first-order chi connectivity index (χ1) is 8.60. The second-order valence-corrected chi connectivity index (χ2v) is 4.55. The van der Waals surface area contributed by atoms with Crippen LogP contribution in [0.15, 0.2) is 24.3 Å². The van der Waals surface area contributed by atoms with E-state index in [0.717, 1.165) is 6.54 Å². The molecule has 0 heterocycles. The van der Waals surface area contributed by atoms with Crippen LogP contribution in [0.25, 0.3) is 0 Å². The van der Waals surface area contributed by atoms with Crippen LogP contribution >= 0.6 is 0 Å². The first kappa shape index (κ1) is 14.5. The number of amides is 1.